The highest BCUT2D eigenvalue weighted by Gasteiger charge is 2.28. The van der Waals surface area contributed by atoms with Crippen molar-refractivity contribution < 1.29 is 27.5 Å². The van der Waals surface area contributed by atoms with Crippen molar-refractivity contribution in [3.05, 3.63) is 59.2 Å². The lowest BCUT2D eigenvalue weighted by atomic mass is 10.1. The number of ether oxygens (including phenoxy) is 1. The first-order valence-electron chi connectivity index (χ1n) is 8.71. The number of nitrogens with one attached hydrogen (secondary N) is 1. The number of hydrogen-bond donors (Lipinski definition) is 1. The fourth-order valence-corrected chi connectivity index (χ4v) is 3.06. The van der Waals surface area contributed by atoms with Crippen molar-refractivity contribution in [2.45, 2.75) is 26.1 Å². The van der Waals surface area contributed by atoms with Gasteiger partial charge in [-0.25, -0.2) is 0 Å². The third-order valence-corrected chi connectivity index (χ3v) is 4.37. The van der Waals surface area contributed by atoms with Crippen LogP contribution >= 0.6 is 0 Å². The van der Waals surface area contributed by atoms with Crippen LogP contribution in [0.4, 0.5) is 18.9 Å². The van der Waals surface area contributed by atoms with Crippen molar-refractivity contribution in [2.24, 2.45) is 0 Å². The number of fused-ring (bicyclic) bond motifs is 1. The minimum absolute atomic E-state index is 0.0384. The van der Waals surface area contributed by atoms with Gasteiger partial charge in [0.25, 0.3) is 5.91 Å². The van der Waals surface area contributed by atoms with Gasteiger partial charge < -0.3 is 15.0 Å². The standard InChI is InChI=1S/C20H19F3N2O3/c1-13(26)25-8-7-15-10-16(5-6-18(15)25)19(27)24-11-14-3-2-4-17(9-14)28-12-20(21,22)23/h2-6,9-10H,7-8,11-12H2,1H3,(H,24,27). The van der Waals surface area contributed by atoms with Crippen LogP contribution in [-0.2, 0) is 17.8 Å². The molecule has 0 atom stereocenters. The first kappa shape index (κ1) is 19.7. The maximum atomic E-state index is 12.4. The molecule has 1 heterocycles. The van der Waals surface area contributed by atoms with Crippen LogP contribution in [0.1, 0.15) is 28.4 Å². The molecule has 0 unspecified atom stereocenters. The summed E-state index contributed by atoms with van der Waals surface area (Å²) < 4.78 is 41.4. The predicted molar refractivity (Wildman–Crippen MR) is 97.3 cm³/mol. The molecule has 8 heteroatoms. The smallest absolute Gasteiger partial charge is 0.422 e. The van der Waals surface area contributed by atoms with Gasteiger partial charge in [0.1, 0.15) is 5.75 Å². The Morgan fingerprint density at radius 1 is 1.18 bits per heavy atom. The lowest BCUT2D eigenvalue weighted by molar-refractivity contribution is -0.153. The van der Waals surface area contributed by atoms with Crippen molar-refractivity contribution in [3.8, 4) is 5.75 Å². The Morgan fingerprint density at radius 3 is 2.68 bits per heavy atom. The summed E-state index contributed by atoms with van der Waals surface area (Å²) in [5.74, 6) is -0.250. The highest BCUT2D eigenvalue weighted by Crippen LogP contribution is 2.29. The van der Waals surface area contributed by atoms with E-state index in [0.717, 1.165) is 11.3 Å². The number of nitrogens with zero attached hydrogens (tertiary/aromatic N) is 1. The molecular formula is C20H19F3N2O3. The van der Waals surface area contributed by atoms with Gasteiger partial charge >= 0.3 is 6.18 Å². The van der Waals surface area contributed by atoms with Gasteiger partial charge in [0.05, 0.1) is 0 Å². The van der Waals surface area contributed by atoms with E-state index in [9.17, 15) is 22.8 Å². The average molecular weight is 392 g/mol. The normalized spacial score (nSPS) is 13.2. The summed E-state index contributed by atoms with van der Waals surface area (Å²) in [5, 5.41) is 2.74. The molecule has 2 amide bonds. The maximum Gasteiger partial charge on any atom is 0.422 e. The molecule has 1 N–H and O–H groups in total. The lowest BCUT2D eigenvalue weighted by Crippen LogP contribution is -2.26. The van der Waals surface area contributed by atoms with Gasteiger partial charge in [0.2, 0.25) is 5.91 Å². The Hall–Kier alpha value is -3.03. The summed E-state index contributed by atoms with van der Waals surface area (Å²) >= 11 is 0. The van der Waals surface area contributed by atoms with Crippen molar-refractivity contribution in [2.75, 3.05) is 18.1 Å². The minimum Gasteiger partial charge on any atom is -0.484 e. The van der Waals surface area contributed by atoms with Crippen molar-refractivity contribution in [1.29, 1.82) is 0 Å². The van der Waals surface area contributed by atoms with E-state index in [0.29, 0.717) is 24.1 Å². The zero-order valence-electron chi connectivity index (χ0n) is 15.2. The van der Waals surface area contributed by atoms with E-state index in [4.69, 9.17) is 4.74 Å². The van der Waals surface area contributed by atoms with Gasteiger partial charge in [-0.1, -0.05) is 12.1 Å². The Labute approximate surface area is 160 Å². The van der Waals surface area contributed by atoms with Crippen LogP contribution in [0, 0.1) is 0 Å². The number of halogens is 3. The van der Waals surface area contributed by atoms with Crippen molar-refractivity contribution in [3.63, 3.8) is 0 Å². The molecule has 0 aromatic heterocycles. The van der Waals surface area contributed by atoms with Crippen LogP contribution in [0.5, 0.6) is 5.75 Å². The monoisotopic (exact) mass is 392 g/mol. The number of carbonyl (C=O) groups is 2. The van der Waals surface area contributed by atoms with E-state index in [-0.39, 0.29) is 24.1 Å². The summed E-state index contributed by atoms with van der Waals surface area (Å²) in [6, 6.07) is 11.3. The summed E-state index contributed by atoms with van der Waals surface area (Å²) in [4.78, 5) is 25.7. The molecule has 0 spiro atoms. The molecule has 1 aliphatic heterocycles. The largest absolute Gasteiger partial charge is 0.484 e. The number of alkyl halides is 3. The Kier molecular flexibility index (Phi) is 5.58. The number of anilines is 1. The van der Waals surface area contributed by atoms with E-state index in [1.54, 1.807) is 35.2 Å². The number of rotatable bonds is 5. The zero-order chi connectivity index (χ0) is 20.3. The molecule has 0 saturated heterocycles. The van der Waals surface area contributed by atoms with Gasteiger partial charge in [-0.3, -0.25) is 9.59 Å². The van der Waals surface area contributed by atoms with Crippen LogP contribution in [0.15, 0.2) is 42.5 Å². The molecule has 0 radical (unpaired) electrons. The molecule has 3 rings (SSSR count). The topological polar surface area (TPSA) is 58.6 Å². The summed E-state index contributed by atoms with van der Waals surface area (Å²) in [6.45, 7) is 0.886. The van der Waals surface area contributed by atoms with E-state index in [2.05, 4.69) is 5.32 Å². The van der Waals surface area contributed by atoms with E-state index < -0.39 is 12.8 Å². The van der Waals surface area contributed by atoms with Crippen molar-refractivity contribution in [1.82, 2.24) is 5.32 Å². The second-order valence-electron chi connectivity index (χ2n) is 6.50. The highest BCUT2D eigenvalue weighted by molar-refractivity contribution is 5.97. The maximum absolute atomic E-state index is 12.4. The Morgan fingerprint density at radius 2 is 1.96 bits per heavy atom. The zero-order valence-corrected chi connectivity index (χ0v) is 15.2. The molecule has 2 aromatic carbocycles. The van der Waals surface area contributed by atoms with Crippen LogP contribution in [-0.4, -0.2) is 31.1 Å². The third kappa shape index (κ3) is 4.82. The molecular weight excluding hydrogens is 373 g/mol. The summed E-state index contributed by atoms with van der Waals surface area (Å²) in [5.41, 5.74) is 2.84. The highest BCUT2D eigenvalue weighted by atomic mass is 19.4. The molecule has 1 aliphatic rings. The molecule has 2 aromatic rings. The molecule has 0 saturated carbocycles. The fourth-order valence-electron chi connectivity index (χ4n) is 3.06. The molecule has 148 valence electrons. The Bertz CT molecular complexity index is 897. The van der Waals surface area contributed by atoms with Gasteiger partial charge in [0, 0.05) is 31.3 Å². The van der Waals surface area contributed by atoms with E-state index in [1.807, 2.05) is 0 Å². The van der Waals surface area contributed by atoms with Crippen molar-refractivity contribution >= 4 is 17.5 Å². The second kappa shape index (κ2) is 7.92. The summed E-state index contributed by atoms with van der Waals surface area (Å²) in [7, 11) is 0. The fraction of sp³-hybridized carbons (Fsp3) is 0.300. The van der Waals surface area contributed by atoms with Crippen LogP contribution < -0.4 is 15.0 Å². The Balaban J connectivity index is 1.61. The first-order chi connectivity index (χ1) is 13.2. The predicted octanol–water partition coefficient (Wildman–Crippen LogP) is 3.47. The number of amides is 2. The SMILES string of the molecule is CC(=O)N1CCc2cc(C(=O)NCc3cccc(OCC(F)(F)F)c3)ccc21. The van der Waals surface area contributed by atoms with Gasteiger partial charge in [-0.05, 0) is 47.9 Å². The van der Waals surface area contributed by atoms with E-state index in [1.165, 1.54) is 19.1 Å². The molecule has 5 nitrogen and oxygen atoms in total. The second-order valence-corrected chi connectivity index (χ2v) is 6.50. The van der Waals surface area contributed by atoms with Gasteiger partial charge in [-0.15, -0.1) is 0 Å². The molecule has 28 heavy (non-hydrogen) atoms. The lowest BCUT2D eigenvalue weighted by Gasteiger charge is -2.15. The van der Waals surface area contributed by atoms with Gasteiger partial charge in [0.15, 0.2) is 6.61 Å². The van der Waals surface area contributed by atoms with Gasteiger partial charge in [-0.2, -0.15) is 13.2 Å². The number of hydrogen-bond acceptors (Lipinski definition) is 3. The van der Waals surface area contributed by atoms with Crippen LogP contribution in [0.3, 0.4) is 0 Å². The minimum atomic E-state index is -4.41. The quantitative estimate of drug-likeness (QED) is 0.848. The third-order valence-electron chi connectivity index (χ3n) is 4.37. The van der Waals surface area contributed by atoms with E-state index >= 15 is 0 Å². The molecule has 0 fully saturated rings. The van der Waals surface area contributed by atoms with Crippen LogP contribution in [0.2, 0.25) is 0 Å². The molecule has 0 bridgehead atoms. The number of benzene rings is 2. The number of carbonyl (C=O) groups excluding carboxylic acids is 2. The molecule has 0 aliphatic carbocycles. The summed E-state index contributed by atoms with van der Waals surface area (Å²) in [6.07, 6.45) is -3.72. The first-order valence-corrected chi connectivity index (χ1v) is 8.71. The van der Waals surface area contributed by atoms with Crippen LogP contribution in [0.25, 0.3) is 0 Å². The average Bonchev–Trinajstić information content (AvgIpc) is 3.07.